The summed E-state index contributed by atoms with van der Waals surface area (Å²) in [5.41, 5.74) is 1.33. The van der Waals surface area contributed by atoms with Gasteiger partial charge in [-0.15, -0.1) is 11.3 Å². The summed E-state index contributed by atoms with van der Waals surface area (Å²) in [4.78, 5) is 6.07. The third-order valence-corrected chi connectivity index (χ3v) is 6.53. The van der Waals surface area contributed by atoms with Crippen molar-refractivity contribution in [2.24, 2.45) is 4.99 Å². The van der Waals surface area contributed by atoms with E-state index in [0.29, 0.717) is 0 Å². The number of aliphatic imine (C=N–C) groups is 1. The Kier molecular flexibility index (Phi) is 7.05. The van der Waals surface area contributed by atoms with E-state index >= 15 is 0 Å². The minimum Gasteiger partial charge on any atom is -0.381 e. The number of thioether (sulfide) groups is 1. The van der Waals surface area contributed by atoms with Gasteiger partial charge in [-0.25, -0.2) is 4.99 Å². The molecule has 1 fully saturated rings. The molecule has 1 aliphatic rings. The molecule has 0 unspecified atom stereocenters. The first-order chi connectivity index (χ1) is 10.7. The van der Waals surface area contributed by atoms with Gasteiger partial charge in [0.25, 0.3) is 0 Å². The number of hydrogen-bond acceptors (Lipinski definition) is 4. The normalized spacial score (nSPS) is 18.2. The quantitative estimate of drug-likeness (QED) is 0.617. The van der Waals surface area contributed by atoms with Gasteiger partial charge in [0.1, 0.15) is 0 Å². The van der Waals surface area contributed by atoms with Crippen molar-refractivity contribution in [3.63, 3.8) is 0 Å². The zero-order valence-corrected chi connectivity index (χ0v) is 15.4. The van der Waals surface area contributed by atoms with Crippen LogP contribution in [0.15, 0.2) is 16.4 Å². The fourth-order valence-electron chi connectivity index (χ4n) is 2.50. The minimum absolute atomic E-state index is 0.271. The third kappa shape index (κ3) is 4.89. The van der Waals surface area contributed by atoms with Crippen molar-refractivity contribution in [2.75, 3.05) is 32.6 Å². The van der Waals surface area contributed by atoms with Gasteiger partial charge in [0.05, 0.1) is 6.54 Å². The van der Waals surface area contributed by atoms with Crippen LogP contribution < -0.4 is 10.6 Å². The van der Waals surface area contributed by atoms with E-state index in [-0.39, 0.29) is 4.75 Å². The second-order valence-electron chi connectivity index (χ2n) is 5.58. The van der Waals surface area contributed by atoms with Crippen LogP contribution in [0.1, 0.15) is 30.2 Å². The number of rotatable bonds is 6. The zero-order valence-electron chi connectivity index (χ0n) is 13.8. The molecule has 0 radical (unpaired) electrons. The summed E-state index contributed by atoms with van der Waals surface area (Å²) in [5, 5.41) is 9.01. The van der Waals surface area contributed by atoms with E-state index in [2.05, 4.69) is 42.2 Å². The van der Waals surface area contributed by atoms with E-state index in [4.69, 9.17) is 9.73 Å². The van der Waals surface area contributed by atoms with Crippen molar-refractivity contribution in [3.8, 4) is 0 Å². The highest BCUT2D eigenvalue weighted by molar-refractivity contribution is 8.00. The highest BCUT2D eigenvalue weighted by Crippen LogP contribution is 2.32. The number of nitrogens with one attached hydrogen (secondary N) is 2. The molecular weight excluding hydrogens is 314 g/mol. The van der Waals surface area contributed by atoms with Gasteiger partial charge in [-0.05, 0) is 50.0 Å². The SMILES string of the molecule is CCNC(=NCc1sccc1C)NCC1(SC)CCOCC1. The maximum Gasteiger partial charge on any atom is 0.191 e. The van der Waals surface area contributed by atoms with Crippen LogP contribution in [0.3, 0.4) is 0 Å². The lowest BCUT2D eigenvalue weighted by atomic mass is 9.99. The number of guanidine groups is 1. The monoisotopic (exact) mass is 341 g/mol. The standard InChI is InChI=1S/C16H27N3OS2/c1-4-17-15(18-11-14-13(2)5-10-22-14)19-12-16(21-3)6-8-20-9-7-16/h5,10H,4,6-9,11-12H2,1-3H3,(H2,17,18,19). The molecule has 2 heterocycles. The summed E-state index contributed by atoms with van der Waals surface area (Å²) in [6.45, 7) is 8.54. The van der Waals surface area contributed by atoms with Gasteiger partial charge in [0.2, 0.25) is 0 Å². The number of hydrogen-bond donors (Lipinski definition) is 2. The molecule has 0 spiro atoms. The Labute approximate surface area is 142 Å². The fourth-order valence-corrected chi connectivity index (χ4v) is 4.12. The molecule has 2 rings (SSSR count). The Hall–Kier alpha value is -0.720. The summed E-state index contributed by atoms with van der Waals surface area (Å²) < 4.78 is 5.78. The van der Waals surface area contributed by atoms with Gasteiger partial charge in [0, 0.05) is 35.9 Å². The lowest BCUT2D eigenvalue weighted by Crippen LogP contribution is -2.47. The van der Waals surface area contributed by atoms with Gasteiger partial charge in [-0.1, -0.05) is 0 Å². The van der Waals surface area contributed by atoms with Crippen LogP contribution in [-0.2, 0) is 11.3 Å². The van der Waals surface area contributed by atoms with E-state index in [9.17, 15) is 0 Å². The summed E-state index contributed by atoms with van der Waals surface area (Å²) >= 11 is 3.72. The molecule has 6 heteroatoms. The molecule has 1 aliphatic heterocycles. The maximum absolute atomic E-state index is 5.50. The van der Waals surface area contributed by atoms with Crippen molar-refractivity contribution in [3.05, 3.63) is 21.9 Å². The number of nitrogens with zero attached hydrogens (tertiary/aromatic N) is 1. The second kappa shape index (κ2) is 8.79. The first-order valence-corrected chi connectivity index (χ1v) is 9.97. The highest BCUT2D eigenvalue weighted by atomic mass is 32.2. The molecule has 1 aromatic heterocycles. The van der Waals surface area contributed by atoms with Crippen LogP contribution in [0, 0.1) is 6.92 Å². The predicted molar refractivity (Wildman–Crippen MR) is 98.2 cm³/mol. The summed E-state index contributed by atoms with van der Waals surface area (Å²) in [7, 11) is 0. The molecule has 124 valence electrons. The van der Waals surface area contributed by atoms with Crippen molar-refractivity contribution < 1.29 is 4.74 Å². The average Bonchev–Trinajstić information content (AvgIpc) is 2.96. The first kappa shape index (κ1) is 17.6. The summed E-state index contributed by atoms with van der Waals surface area (Å²) in [6, 6.07) is 2.15. The van der Waals surface area contributed by atoms with Crippen molar-refractivity contribution >= 4 is 29.1 Å². The molecule has 0 aliphatic carbocycles. The van der Waals surface area contributed by atoms with Gasteiger partial charge < -0.3 is 15.4 Å². The van der Waals surface area contributed by atoms with E-state index in [1.54, 1.807) is 11.3 Å². The predicted octanol–water partition coefficient (Wildman–Crippen LogP) is 3.02. The van der Waals surface area contributed by atoms with Gasteiger partial charge in [-0.3, -0.25) is 0 Å². The van der Waals surface area contributed by atoms with E-state index in [1.807, 2.05) is 11.8 Å². The molecule has 0 bridgehead atoms. The van der Waals surface area contributed by atoms with Crippen LogP contribution in [0.5, 0.6) is 0 Å². The Bertz CT molecular complexity index is 481. The van der Waals surface area contributed by atoms with E-state index in [0.717, 1.165) is 51.6 Å². The van der Waals surface area contributed by atoms with Gasteiger partial charge >= 0.3 is 0 Å². The maximum atomic E-state index is 5.50. The van der Waals surface area contributed by atoms with Crippen molar-refractivity contribution in [1.82, 2.24) is 10.6 Å². The minimum atomic E-state index is 0.271. The van der Waals surface area contributed by atoms with Crippen molar-refractivity contribution in [2.45, 2.75) is 38.0 Å². The van der Waals surface area contributed by atoms with Crippen LogP contribution in [0.2, 0.25) is 0 Å². The number of thiophene rings is 1. The van der Waals surface area contributed by atoms with Crippen LogP contribution in [-0.4, -0.2) is 43.3 Å². The van der Waals surface area contributed by atoms with Crippen LogP contribution >= 0.6 is 23.1 Å². The molecule has 0 atom stereocenters. The Balaban J connectivity index is 1.94. The van der Waals surface area contributed by atoms with Gasteiger partial charge in [-0.2, -0.15) is 11.8 Å². The smallest absolute Gasteiger partial charge is 0.191 e. The molecule has 0 amide bonds. The molecule has 0 saturated carbocycles. The molecule has 1 saturated heterocycles. The molecule has 0 aromatic carbocycles. The molecular formula is C16H27N3OS2. The van der Waals surface area contributed by atoms with E-state index in [1.165, 1.54) is 10.4 Å². The van der Waals surface area contributed by atoms with Gasteiger partial charge in [0.15, 0.2) is 5.96 Å². The molecule has 1 aromatic rings. The number of aryl methyl sites for hydroxylation is 1. The Morgan fingerprint density at radius 3 is 2.77 bits per heavy atom. The first-order valence-electron chi connectivity index (χ1n) is 7.87. The van der Waals surface area contributed by atoms with Crippen molar-refractivity contribution in [1.29, 1.82) is 0 Å². The largest absolute Gasteiger partial charge is 0.381 e. The zero-order chi connectivity index (χ0) is 15.8. The molecule has 22 heavy (non-hydrogen) atoms. The topological polar surface area (TPSA) is 45.7 Å². The van der Waals surface area contributed by atoms with Crippen LogP contribution in [0.25, 0.3) is 0 Å². The lowest BCUT2D eigenvalue weighted by molar-refractivity contribution is 0.0783. The summed E-state index contributed by atoms with van der Waals surface area (Å²) in [5.74, 6) is 0.912. The lowest BCUT2D eigenvalue weighted by Gasteiger charge is -2.36. The second-order valence-corrected chi connectivity index (χ2v) is 7.85. The highest BCUT2D eigenvalue weighted by Gasteiger charge is 2.31. The Morgan fingerprint density at radius 2 is 2.18 bits per heavy atom. The van der Waals surface area contributed by atoms with E-state index < -0.39 is 0 Å². The molecule has 4 nitrogen and oxygen atoms in total. The Morgan fingerprint density at radius 1 is 1.41 bits per heavy atom. The summed E-state index contributed by atoms with van der Waals surface area (Å²) in [6.07, 6.45) is 4.40. The van der Waals surface area contributed by atoms with Crippen LogP contribution in [0.4, 0.5) is 0 Å². The fraction of sp³-hybridized carbons (Fsp3) is 0.688. The molecule has 2 N–H and O–H groups in total. The average molecular weight is 342 g/mol. The third-order valence-electron chi connectivity index (χ3n) is 4.11. The number of ether oxygens (including phenoxy) is 1.